The van der Waals surface area contributed by atoms with E-state index < -0.39 is 0 Å². The van der Waals surface area contributed by atoms with Crippen LogP contribution in [0.3, 0.4) is 0 Å². The van der Waals surface area contributed by atoms with Crippen LogP contribution in [0.5, 0.6) is 0 Å². The van der Waals surface area contributed by atoms with Gasteiger partial charge in [0.15, 0.2) is 0 Å². The number of Topliss-reactive ketones (excluding diaryl/α,β-unsaturated/α-hetero) is 1. The molecule has 0 amide bonds. The molecule has 4 aliphatic rings. The molecule has 0 aromatic carbocycles. The van der Waals surface area contributed by atoms with Crippen molar-refractivity contribution in [3.05, 3.63) is 12.2 Å². The molecule has 0 aromatic heterocycles. The van der Waals surface area contributed by atoms with Crippen LogP contribution in [0.25, 0.3) is 0 Å². The molecule has 0 aliphatic heterocycles. The van der Waals surface area contributed by atoms with Crippen molar-refractivity contribution in [1.29, 1.82) is 0 Å². The van der Waals surface area contributed by atoms with Crippen LogP contribution in [0.2, 0.25) is 0 Å². The van der Waals surface area contributed by atoms with E-state index >= 15 is 0 Å². The molecule has 4 fully saturated rings. The fourth-order valence-electron chi connectivity index (χ4n) is 8.63. The zero-order chi connectivity index (χ0) is 21.8. The maximum Gasteiger partial charge on any atom is 0.136 e. The topological polar surface area (TPSA) is 37.3 Å². The first-order chi connectivity index (χ1) is 14.1. The Labute approximate surface area is 185 Å². The molecule has 0 aromatic rings. The van der Waals surface area contributed by atoms with E-state index in [2.05, 4.69) is 53.7 Å². The number of carbonyl (C=O) groups excluding carboxylic acids is 1. The summed E-state index contributed by atoms with van der Waals surface area (Å²) in [5.41, 5.74) is 0.528. The van der Waals surface area contributed by atoms with Crippen molar-refractivity contribution in [3.8, 4) is 0 Å². The van der Waals surface area contributed by atoms with Crippen molar-refractivity contribution in [2.45, 2.75) is 99.0 Å². The van der Waals surface area contributed by atoms with Crippen LogP contribution < -0.4 is 0 Å². The van der Waals surface area contributed by atoms with Crippen molar-refractivity contribution in [1.82, 2.24) is 0 Å². The van der Waals surface area contributed by atoms with Crippen LogP contribution in [0.15, 0.2) is 12.2 Å². The van der Waals surface area contributed by atoms with Gasteiger partial charge in [0.05, 0.1) is 6.10 Å². The van der Waals surface area contributed by atoms with Crippen LogP contribution >= 0.6 is 0 Å². The first kappa shape index (κ1) is 22.6. The highest BCUT2D eigenvalue weighted by Gasteiger charge is 2.62. The third-order valence-electron chi connectivity index (χ3n) is 10.9. The summed E-state index contributed by atoms with van der Waals surface area (Å²) in [6.45, 7) is 14.4. The number of rotatable bonds is 4. The zero-order valence-corrected chi connectivity index (χ0v) is 20.4. The lowest BCUT2D eigenvalue weighted by Crippen LogP contribution is -2.57. The Morgan fingerprint density at radius 3 is 2.30 bits per heavy atom. The Bertz CT molecular complexity index is 680. The normalized spacial score (nSPS) is 48.3. The van der Waals surface area contributed by atoms with Crippen molar-refractivity contribution < 1.29 is 9.90 Å². The summed E-state index contributed by atoms with van der Waals surface area (Å²) in [6, 6.07) is 0. The summed E-state index contributed by atoms with van der Waals surface area (Å²) in [4.78, 5) is 13.3. The van der Waals surface area contributed by atoms with Gasteiger partial charge in [0.25, 0.3) is 0 Å². The highest BCUT2D eigenvalue weighted by atomic mass is 16.3. The van der Waals surface area contributed by atoms with Gasteiger partial charge in [0, 0.05) is 12.3 Å². The van der Waals surface area contributed by atoms with Gasteiger partial charge in [-0.1, -0.05) is 53.7 Å². The number of hydrogen-bond donors (Lipinski definition) is 1. The number of fused-ring (bicyclic) bond motifs is 5. The second-order valence-electron chi connectivity index (χ2n) is 12.6. The highest BCUT2D eigenvalue weighted by molar-refractivity contribution is 5.83. The van der Waals surface area contributed by atoms with E-state index in [1.54, 1.807) is 0 Å². The van der Waals surface area contributed by atoms with Gasteiger partial charge in [0.1, 0.15) is 5.78 Å². The van der Waals surface area contributed by atoms with Crippen molar-refractivity contribution in [2.24, 2.45) is 58.2 Å². The lowest BCUT2D eigenvalue weighted by molar-refractivity contribution is -0.159. The molecule has 170 valence electrons. The van der Waals surface area contributed by atoms with Crippen LogP contribution in [0.1, 0.15) is 92.9 Å². The molecule has 2 nitrogen and oxygen atoms in total. The van der Waals surface area contributed by atoms with Gasteiger partial charge in [-0.2, -0.15) is 0 Å². The quantitative estimate of drug-likeness (QED) is 0.522. The summed E-state index contributed by atoms with van der Waals surface area (Å²) < 4.78 is 0. The SMILES string of the molecule is CC(C)[C@H](C)/C=C/[C@@H](C)[C@H]1CC[C@H]2[C@@H]3CC(=O)[C@H]4C[C@H](O)CC[C@]4(C)[C@H]3CC[C@]12C. The number of hydrogen-bond acceptors (Lipinski definition) is 2. The van der Waals surface area contributed by atoms with E-state index in [1.165, 1.54) is 25.7 Å². The molecule has 0 spiro atoms. The molecule has 0 saturated heterocycles. The summed E-state index contributed by atoms with van der Waals surface area (Å²) >= 11 is 0. The molecule has 2 heteroatoms. The Morgan fingerprint density at radius 2 is 1.60 bits per heavy atom. The van der Waals surface area contributed by atoms with Gasteiger partial charge >= 0.3 is 0 Å². The largest absolute Gasteiger partial charge is 0.393 e. The molecule has 1 N–H and O–H groups in total. The Morgan fingerprint density at radius 1 is 0.933 bits per heavy atom. The standard InChI is InChI=1S/C28H46O2/c1-17(2)18(3)7-8-19(4)22-9-10-23-21-16-26(30)25-15-20(29)11-13-28(25,6)24(21)12-14-27(22,23)5/h7-8,17-25,29H,9-16H2,1-6H3/b8-7+/t18-,19-,20-,21+,22-,23+,24+,25-,27-,28-/m1/s1. The Hall–Kier alpha value is -0.630. The molecule has 0 unspecified atom stereocenters. The smallest absolute Gasteiger partial charge is 0.136 e. The van der Waals surface area contributed by atoms with Crippen molar-refractivity contribution in [2.75, 3.05) is 0 Å². The van der Waals surface area contributed by atoms with E-state index in [-0.39, 0.29) is 17.4 Å². The van der Waals surface area contributed by atoms with Gasteiger partial charge in [0.2, 0.25) is 0 Å². The number of ketones is 1. The van der Waals surface area contributed by atoms with Gasteiger partial charge < -0.3 is 5.11 Å². The molecule has 4 saturated carbocycles. The fraction of sp³-hybridized carbons (Fsp3) is 0.893. The van der Waals surface area contributed by atoms with E-state index in [0.29, 0.717) is 46.7 Å². The minimum absolute atomic E-state index is 0.114. The first-order valence-corrected chi connectivity index (χ1v) is 13.0. The number of allylic oxidation sites excluding steroid dienone is 2. The summed E-state index contributed by atoms with van der Waals surface area (Å²) in [7, 11) is 0. The molecule has 0 bridgehead atoms. The van der Waals surface area contributed by atoms with Crippen molar-refractivity contribution in [3.63, 3.8) is 0 Å². The third kappa shape index (κ3) is 3.54. The van der Waals surface area contributed by atoms with Gasteiger partial charge in [-0.3, -0.25) is 4.79 Å². The monoisotopic (exact) mass is 414 g/mol. The van der Waals surface area contributed by atoms with E-state index in [0.717, 1.165) is 31.6 Å². The molecular formula is C28H46O2. The van der Waals surface area contributed by atoms with Gasteiger partial charge in [-0.25, -0.2) is 0 Å². The van der Waals surface area contributed by atoms with E-state index in [1.807, 2.05) is 0 Å². The average Bonchev–Trinajstić information content (AvgIpc) is 3.04. The molecular weight excluding hydrogens is 368 g/mol. The lowest BCUT2D eigenvalue weighted by Gasteiger charge is -2.60. The molecule has 4 rings (SSSR count). The van der Waals surface area contributed by atoms with E-state index in [4.69, 9.17) is 0 Å². The molecule has 0 radical (unpaired) electrons. The van der Waals surface area contributed by atoms with Crippen LogP contribution in [0.4, 0.5) is 0 Å². The predicted octanol–water partition coefficient (Wildman–Crippen LogP) is 6.67. The first-order valence-electron chi connectivity index (χ1n) is 13.0. The molecule has 4 aliphatic carbocycles. The summed E-state index contributed by atoms with van der Waals surface area (Å²) in [5.74, 6) is 5.31. The second-order valence-corrected chi connectivity index (χ2v) is 12.6. The lowest BCUT2D eigenvalue weighted by atomic mass is 9.44. The van der Waals surface area contributed by atoms with Gasteiger partial charge in [-0.05, 0) is 97.2 Å². The third-order valence-corrected chi connectivity index (χ3v) is 10.9. The molecule has 0 heterocycles. The molecule has 30 heavy (non-hydrogen) atoms. The van der Waals surface area contributed by atoms with Gasteiger partial charge in [-0.15, -0.1) is 0 Å². The summed E-state index contributed by atoms with van der Waals surface area (Å²) in [5, 5.41) is 10.2. The maximum absolute atomic E-state index is 13.3. The number of aliphatic hydroxyl groups excluding tert-OH is 1. The average molecular weight is 415 g/mol. The van der Waals surface area contributed by atoms with Crippen LogP contribution in [-0.2, 0) is 4.79 Å². The van der Waals surface area contributed by atoms with Crippen molar-refractivity contribution >= 4 is 5.78 Å². The Balaban J connectivity index is 1.54. The number of aliphatic hydroxyl groups is 1. The minimum Gasteiger partial charge on any atom is -0.393 e. The maximum atomic E-state index is 13.3. The summed E-state index contributed by atoms with van der Waals surface area (Å²) in [6.07, 6.45) is 13.4. The van der Waals surface area contributed by atoms with Crippen LogP contribution in [0, 0.1) is 58.2 Å². The Kier molecular flexibility index (Phi) is 6.06. The second kappa shape index (κ2) is 8.05. The van der Waals surface area contributed by atoms with E-state index in [9.17, 15) is 9.90 Å². The molecule has 10 atom stereocenters. The fourth-order valence-corrected chi connectivity index (χ4v) is 8.63. The predicted molar refractivity (Wildman–Crippen MR) is 124 cm³/mol. The zero-order valence-electron chi connectivity index (χ0n) is 20.4. The van der Waals surface area contributed by atoms with Crippen LogP contribution in [-0.4, -0.2) is 17.0 Å². The highest BCUT2D eigenvalue weighted by Crippen LogP contribution is 2.67. The number of carbonyl (C=O) groups is 1. The minimum atomic E-state index is -0.255.